The van der Waals surface area contributed by atoms with E-state index in [9.17, 15) is 9.59 Å². The van der Waals surface area contributed by atoms with Gasteiger partial charge in [-0.15, -0.1) is 0 Å². The molecule has 3 rings (SSSR count). The molecule has 3 heterocycles. The van der Waals surface area contributed by atoms with Crippen LogP contribution in [0, 0.1) is 0 Å². The summed E-state index contributed by atoms with van der Waals surface area (Å²) in [6, 6.07) is 1.74. The van der Waals surface area contributed by atoms with Crippen LogP contribution in [-0.4, -0.2) is 52.0 Å². The number of amides is 1. The van der Waals surface area contributed by atoms with Gasteiger partial charge >= 0.3 is 0 Å². The molecule has 2 aromatic rings. The van der Waals surface area contributed by atoms with E-state index in [-0.39, 0.29) is 17.5 Å². The van der Waals surface area contributed by atoms with Crippen molar-refractivity contribution in [1.82, 2.24) is 19.9 Å². The molecule has 1 aliphatic heterocycles. The van der Waals surface area contributed by atoms with Gasteiger partial charge in [-0.1, -0.05) is 6.58 Å². The van der Waals surface area contributed by atoms with Gasteiger partial charge in [-0.25, -0.2) is 4.98 Å². The molecule has 8 heteroatoms. The predicted octanol–water partition coefficient (Wildman–Crippen LogP) is 0.649. The number of anilines is 1. The molecule has 124 valence electrons. The highest BCUT2D eigenvalue weighted by Gasteiger charge is 2.29. The molecule has 1 amide bonds. The normalized spacial score (nSPS) is 14.0. The Balaban J connectivity index is 1.76. The monoisotopic (exact) mass is 327 g/mol. The van der Waals surface area contributed by atoms with E-state index in [4.69, 9.17) is 4.74 Å². The maximum atomic E-state index is 12.0. The minimum Gasteiger partial charge on any atom is -0.480 e. The van der Waals surface area contributed by atoms with Gasteiger partial charge in [0.15, 0.2) is 0 Å². The fourth-order valence-corrected chi connectivity index (χ4v) is 2.42. The van der Waals surface area contributed by atoms with Crippen molar-refractivity contribution in [2.75, 3.05) is 25.5 Å². The van der Waals surface area contributed by atoms with E-state index in [1.807, 2.05) is 0 Å². The summed E-state index contributed by atoms with van der Waals surface area (Å²) < 4.78 is 5.06. The summed E-state index contributed by atoms with van der Waals surface area (Å²) in [5.74, 6) is 0.285. The number of H-pyrrole nitrogens is 1. The summed E-state index contributed by atoms with van der Waals surface area (Å²) in [6.07, 6.45) is 5.96. The molecule has 0 aliphatic carbocycles. The van der Waals surface area contributed by atoms with Crippen LogP contribution in [0.25, 0.3) is 11.3 Å². The first-order valence-corrected chi connectivity index (χ1v) is 7.37. The van der Waals surface area contributed by atoms with E-state index >= 15 is 0 Å². The van der Waals surface area contributed by atoms with Gasteiger partial charge < -0.3 is 19.9 Å². The van der Waals surface area contributed by atoms with Crippen molar-refractivity contribution in [2.24, 2.45) is 0 Å². The molecule has 2 N–H and O–H groups in total. The van der Waals surface area contributed by atoms with Crippen LogP contribution in [0.15, 0.2) is 42.1 Å². The van der Waals surface area contributed by atoms with Gasteiger partial charge in [0, 0.05) is 24.8 Å². The van der Waals surface area contributed by atoms with Gasteiger partial charge in [0.2, 0.25) is 11.8 Å². The summed E-state index contributed by atoms with van der Waals surface area (Å²) >= 11 is 0. The summed E-state index contributed by atoms with van der Waals surface area (Å²) in [7, 11) is 1.51. The maximum absolute atomic E-state index is 12.0. The van der Waals surface area contributed by atoms with Gasteiger partial charge in [0.25, 0.3) is 5.56 Å². The lowest BCUT2D eigenvalue weighted by molar-refractivity contribution is -0.129. The second-order valence-electron chi connectivity index (χ2n) is 5.37. The van der Waals surface area contributed by atoms with Crippen molar-refractivity contribution in [3.8, 4) is 17.1 Å². The third-order valence-electron chi connectivity index (χ3n) is 3.75. The standard InChI is InChI=1S/C16H17N5O3/c1-3-15(22)21-8-11(9-21)19-12-4-10(5-18-16(12)23)13-6-17-7-14(20-13)24-2/h3-7,11,19H,1,8-9H2,2H3,(H,18,23). The third kappa shape index (κ3) is 3.12. The molecule has 1 aliphatic rings. The first kappa shape index (κ1) is 15.7. The van der Waals surface area contributed by atoms with Crippen molar-refractivity contribution in [3.05, 3.63) is 47.7 Å². The Hall–Kier alpha value is -3.16. The molecule has 1 saturated heterocycles. The number of methoxy groups -OCH3 is 1. The Kier molecular flexibility index (Phi) is 4.28. The number of nitrogens with one attached hydrogen (secondary N) is 2. The lowest BCUT2D eigenvalue weighted by Gasteiger charge is -2.39. The average Bonchev–Trinajstić information content (AvgIpc) is 2.58. The topological polar surface area (TPSA) is 100 Å². The molecule has 2 aromatic heterocycles. The van der Waals surface area contributed by atoms with E-state index < -0.39 is 0 Å². The lowest BCUT2D eigenvalue weighted by atomic mass is 10.1. The van der Waals surface area contributed by atoms with E-state index in [0.29, 0.717) is 35.9 Å². The number of aromatic amines is 1. The van der Waals surface area contributed by atoms with E-state index in [0.717, 1.165) is 0 Å². The number of ether oxygens (including phenoxy) is 1. The molecular weight excluding hydrogens is 310 g/mol. The van der Waals surface area contributed by atoms with Crippen molar-refractivity contribution in [3.63, 3.8) is 0 Å². The molecular formula is C16H17N5O3. The van der Waals surface area contributed by atoms with Crippen LogP contribution >= 0.6 is 0 Å². The Morgan fingerprint density at radius 3 is 3.00 bits per heavy atom. The Bertz CT molecular complexity index is 826. The minimum atomic E-state index is -0.233. The number of carbonyl (C=O) groups is 1. The molecule has 0 atom stereocenters. The van der Waals surface area contributed by atoms with Gasteiger partial charge in [0.05, 0.1) is 31.2 Å². The first-order valence-electron chi connectivity index (χ1n) is 7.37. The fraction of sp³-hybridized carbons (Fsp3) is 0.250. The lowest BCUT2D eigenvalue weighted by Crippen LogP contribution is -2.56. The van der Waals surface area contributed by atoms with Crippen LogP contribution in [0.1, 0.15) is 0 Å². The summed E-state index contributed by atoms with van der Waals surface area (Å²) in [6.45, 7) is 4.53. The Morgan fingerprint density at radius 2 is 2.29 bits per heavy atom. The molecule has 1 fully saturated rings. The van der Waals surface area contributed by atoms with E-state index in [2.05, 4.69) is 26.8 Å². The van der Waals surface area contributed by atoms with Crippen molar-refractivity contribution in [1.29, 1.82) is 0 Å². The quantitative estimate of drug-likeness (QED) is 0.782. The van der Waals surface area contributed by atoms with Crippen LogP contribution in [0.4, 0.5) is 5.69 Å². The highest BCUT2D eigenvalue weighted by molar-refractivity contribution is 5.87. The molecule has 0 saturated carbocycles. The van der Waals surface area contributed by atoms with Gasteiger partial charge in [0.1, 0.15) is 5.69 Å². The number of likely N-dealkylation sites (tertiary alicyclic amines) is 1. The van der Waals surface area contributed by atoms with Crippen molar-refractivity contribution >= 4 is 11.6 Å². The minimum absolute atomic E-state index is 0.0293. The van der Waals surface area contributed by atoms with Gasteiger partial charge in [-0.3, -0.25) is 14.6 Å². The van der Waals surface area contributed by atoms with Crippen molar-refractivity contribution < 1.29 is 9.53 Å². The van der Waals surface area contributed by atoms with Crippen LogP contribution in [0.3, 0.4) is 0 Å². The second-order valence-corrected chi connectivity index (χ2v) is 5.37. The molecule has 0 bridgehead atoms. The van der Waals surface area contributed by atoms with Crippen LogP contribution in [0.5, 0.6) is 5.88 Å². The van der Waals surface area contributed by atoms with Gasteiger partial charge in [-0.2, -0.15) is 0 Å². The third-order valence-corrected chi connectivity index (χ3v) is 3.75. The molecule has 8 nitrogen and oxygen atoms in total. The highest BCUT2D eigenvalue weighted by atomic mass is 16.5. The molecule has 24 heavy (non-hydrogen) atoms. The molecule has 0 aromatic carbocycles. The van der Waals surface area contributed by atoms with Crippen LogP contribution in [-0.2, 0) is 4.79 Å². The predicted molar refractivity (Wildman–Crippen MR) is 88.8 cm³/mol. The number of hydrogen-bond donors (Lipinski definition) is 2. The number of aromatic nitrogens is 3. The zero-order chi connectivity index (χ0) is 17.1. The average molecular weight is 327 g/mol. The zero-order valence-corrected chi connectivity index (χ0v) is 13.2. The van der Waals surface area contributed by atoms with Gasteiger partial charge in [-0.05, 0) is 12.1 Å². The number of nitrogens with zero attached hydrogens (tertiary/aromatic N) is 3. The zero-order valence-electron chi connectivity index (χ0n) is 13.2. The highest BCUT2D eigenvalue weighted by Crippen LogP contribution is 2.20. The van der Waals surface area contributed by atoms with Crippen LogP contribution in [0.2, 0.25) is 0 Å². The first-order chi connectivity index (χ1) is 11.6. The number of rotatable bonds is 5. The number of hydrogen-bond acceptors (Lipinski definition) is 6. The fourth-order valence-electron chi connectivity index (χ4n) is 2.42. The molecule has 0 spiro atoms. The van der Waals surface area contributed by atoms with Crippen LogP contribution < -0.4 is 15.6 Å². The van der Waals surface area contributed by atoms with E-state index in [1.54, 1.807) is 23.4 Å². The summed E-state index contributed by atoms with van der Waals surface area (Å²) in [5, 5.41) is 3.14. The van der Waals surface area contributed by atoms with E-state index in [1.165, 1.54) is 19.4 Å². The Labute approximate surface area is 138 Å². The largest absolute Gasteiger partial charge is 0.480 e. The molecule has 0 unspecified atom stereocenters. The number of carbonyl (C=O) groups excluding carboxylic acids is 1. The second kappa shape index (κ2) is 6.53. The Morgan fingerprint density at radius 1 is 1.50 bits per heavy atom. The number of pyridine rings is 1. The molecule has 0 radical (unpaired) electrons. The SMILES string of the molecule is C=CC(=O)N1CC(Nc2cc(-c3cncc(OC)n3)c[nH]c2=O)C1. The maximum Gasteiger partial charge on any atom is 0.271 e. The smallest absolute Gasteiger partial charge is 0.271 e. The van der Waals surface area contributed by atoms with Crippen molar-refractivity contribution in [2.45, 2.75) is 6.04 Å². The summed E-state index contributed by atoms with van der Waals surface area (Å²) in [5.41, 5.74) is 1.49. The summed E-state index contributed by atoms with van der Waals surface area (Å²) in [4.78, 5) is 36.1.